The summed E-state index contributed by atoms with van der Waals surface area (Å²) in [7, 11) is 0. The Morgan fingerprint density at radius 2 is 2.21 bits per heavy atom. The normalized spacial score (nSPS) is 23.2. The van der Waals surface area contributed by atoms with Crippen LogP contribution in [0.3, 0.4) is 0 Å². The van der Waals surface area contributed by atoms with Crippen molar-refractivity contribution in [3.05, 3.63) is 12.2 Å². The molecule has 0 aromatic carbocycles. The predicted octanol–water partition coefficient (Wildman–Crippen LogP) is 3.11. The highest BCUT2D eigenvalue weighted by molar-refractivity contribution is 8.23. The first-order valence-corrected chi connectivity index (χ1v) is 7.85. The maximum absolute atomic E-state index is 12.0. The van der Waals surface area contributed by atoms with Gasteiger partial charge in [0.2, 0.25) is 4.38 Å². The molecule has 1 atom stereocenters. The Balaban J connectivity index is 2.36. The number of carbonyl (C=O) groups is 1. The summed E-state index contributed by atoms with van der Waals surface area (Å²) in [4.78, 5) is 12.0. The van der Waals surface area contributed by atoms with Crippen molar-refractivity contribution in [3.63, 3.8) is 0 Å². The summed E-state index contributed by atoms with van der Waals surface area (Å²) in [6.07, 6.45) is 5.74. The van der Waals surface area contributed by atoms with Gasteiger partial charge >= 0.3 is 0 Å². The van der Waals surface area contributed by atoms with Gasteiger partial charge in [0.25, 0.3) is 0 Å². The molecule has 0 saturated carbocycles. The molecule has 0 amide bonds. The van der Waals surface area contributed by atoms with E-state index in [1.807, 2.05) is 6.08 Å². The van der Waals surface area contributed by atoms with Gasteiger partial charge in [0.05, 0.1) is 12.4 Å². The van der Waals surface area contributed by atoms with E-state index in [1.165, 1.54) is 11.8 Å². The van der Waals surface area contributed by atoms with Crippen LogP contribution in [-0.4, -0.2) is 33.2 Å². The number of ether oxygens (including phenoxy) is 1. The molecule has 1 aliphatic carbocycles. The zero-order valence-electron chi connectivity index (χ0n) is 11.8. The fourth-order valence-electron chi connectivity index (χ4n) is 1.65. The van der Waals surface area contributed by atoms with Crippen molar-refractivity contribution in [3.8, 4) is 0 Å². The summed E-state index contributed by atoms with van der Waals surface area (Å²) in [5.41, 5.74) is -1.26. The number of allylic oxidation sites excluding steroid dienone is 1. The van der Waals surface area contributed by atoms with Crippen LogP contribution in [0.2, 0.25) is 0 Å². The van der Waals surface area contributed by atoms with E-state index in [0.717, 1.165) is 12.8 Å². The van der Waals surface area contributed by atoms with E-state index in [-0.39, 0.29) is 17.0 Å². The van der Waals surface area contributed by atoms with Gasteiger partial charge in [-0.2, -0.15) is 0 Å². The van der Waals surface area contributed by atoms with Crippen molar-refractivity contribution in [2.24, 2.45) is 5.41 Å². The summed E-state index contributed by atoms with van der Waals surface area (Å²) in [6, 6.07) is 0. The Labute approximate surface area is 124 Å². The van der Waals surface area contributed by atoms with Crippen LogP contribution in [0.4, 0.5) is 0 Å². The Kier molecular flexibility index (Phi) is 6.02. The first-order valence-electron chi connectivity index (χ1n) is 6.46. The van der Waals surface area contributed by atoms with Gasteiger partial charge in [0, 0.05) is 0 Å². The summed E-state index contributed by atoms with van der Waals surface area (Å²) in [5, 5.41) is 10.2. The quantitative estimate of drug-likeness (QED) is 0.638. The van der Waals surface area contributed by atoms with Gasteiger partial charge in [-0.3, -0.25) is 4.79 Å². The number of ketones is 1. The largest absolute Gasteiger partial charge is 0.478 e. The lowest BCUT2D eigenvalue weighted by molar-refractivity contribution is -0.131. The van der Waals surface area contributed by atoms with Crippen LogP contribution in [0, 0.1) is 5.41 Å². The molecule has 1 rings (SSSR count). The maximum atomic E-state index is 12.0. The summed E-state index contributed by atoms with van der Waals surface area (Å²) < 4.78 is 5.79. The molecule has 0 heterocycles. The number of Topliss-reactive ketones (excluding diaryl/α,β-unsaturated/α-hetero) is 1. The number of carbonyl (C=O) groups excluding carboxylic acids is 1. The van der Waals surface area contributed by atoms with Crippen molar-refractivity contribution < 1.29 is 14.6 Å². The summed E-state index contributed by atoms with van der Waals surface area (Å²) in [5.74, 6) is -0.0424. The summed E-state index contributed by atoms with van der Waals surface area (Å²) >= 11 is 6.25. The van der Waals surface area contributed by atoms with Gasteiger partial charge < -0.3 is 9.84 Å². The third kappa shape index (κ3) is 6.06. The van der Waals surface area contributed by atoms with E-state index >= 15 is 0 Å². The van der Waals surface area contributed by atoms with Crippen LogP contribution in [-0.2, 0) is 9.53 Å². The molecule has 0 aromatic heterocycles. The highest BCUT2D eigenvalue weighted by atomic mass is 32.2. The second kappa shape index (κ2) is 6.86. The molecule has 0 aromatic rings. The Morgan fingerprint density at radius 1 is 1.53 bits per heavy atom. The second-order valence-corrected chi connectivity index (χ2v) is 7.61. The van der Waals surface area contributed by atoms with E-state index in [1.54, 1.807) is 6.08 Å². The molecule has 5 heteroatoms. The average Bonchev–Trinajstić information content (AvgIpc) is 2.33. The van der Waals surface area contributed by atoms with Gasteiger partial charge in [-0.25, -0.2) is 0 Å². The predicted molar refractivity (Wildman–Crippen MR) is 83.4 cm³/mol. The van der Waals surface area contributed by atoms with E-state index in [4.69, 9.17) is 17.0 Å². The Morgan fingerprint density at radius 3 is 2.74 bits per heavy atom. The third-order valence-electron chi connectivity index (χ3n) is 2.75. The van der Waals surface area contributed by atoms with Gasteiger partial charge in [0.1, 0.15) is 5.60 Å². The third-order valence-corrected chi connectivity index (χ3v) is 3.98. The average molecular weight is 302 g/mol. The van der Waals surface area contributed by atoms with Crippen LogP contribution in [0.5, 0.6) is 0 Å². The van der Waals surface area contributed by atoms with Gasteiger partial charge in [0.15, 0.2) is 5.78 Å². The minimum Gasteiger partial charge on any atom is -0.478 e. The fourth-order valence-corrected chi connectivity index (χ4v) is 2.53. The van der Waals surface area contributed by atoms with E-state index in [0.29, 0.717) is 17.4 Å². The van der Waals surface area contributed by atoms with Crippen LogP contribution in [0.25, 0.3) is 0 Å². The zero-order chi connectivity index (χ0) is 14.5. The van der Waals surface area contributed by atoms with Gasteiger partial charge in [-0.05, 0) is 43.0 Å². The molecule has 0 saturated heterocycles. The highest BCUT2D eigenvalue weighted by Gasteiger charge is 2.33. The monoisotopic (exact) mass is 302 g/mol. The molecular formula is C14H22O3S2. The van der Waals surface area contributed by atoms with Crippen molar-refractivity contribution in [1.29, 1.82) is 0 Å². The minimum atomic E-state index is -1.30. The molecule has 0 radical (unpaired) electrons. The lowest BCUT2D eigenvalue weighted by Gasteiger charge is -2.25. The van der Waals surface area contributed by atoms with Crippen LogP contribution in [0.15, 0.2) is 12.2 Å². The molecule has 1 unspecified atom stereocenters. The molecule has 0 bridgehead atoms. The maximum Gasteiger partial charge on any atom is 0.220 e. The van der Waals surface area contributed by atoms with Crippen LogP contribution in [0.1, 0.15) is 40.0 Å². The minimum absolute atomic E-state index is 0.0406. The second-order valence-electron chi connectivity index (χ2n) is 6.03. The molecule has 3 nitrogen and oxygen atoms in total. The van der Waals surface area contributed by atoms with Crippen LogP contribution >= 0.6 is 24.0 Å². The molecule has 108 valence electrons. The van der Waals surface area contributed by atoms with Crippen molar-refractivity contribution in [2.45, 2.75) is 45.6 Å². The molecule has 0 fully saturated rings. The smallest absolute Gasteiger partial charge is 0.220 e. The molecular weight excluding hydrogens is 280 g/mol. The number of hydrogen-bond acceptors (Lipinski definition) is 5. The van der Waals surface area contributed by atoms with Crippen molar-refractivity contribution in [1.82, 2.24) is 0 Å². The molecule has 19 heavy (non-hydrogen) atoms. The van der Waals surface area contributed by atoms with Crippen molar-refractivity contribution >= 4 is 34.1 Å². The molecule has 1 N–H and O–H groups in total. The molecule has 1 aliphatic rings. The first kappa shape index (κ1) is 16.7. The van der Waals surface area contributed by atoms with Crippen molar-refractivity contribution in [2.75, 3.05) is 12.4 Å². The number of thiocarbonyl (C=S) groups is 1. The fraction of sp³-hybridized carbons (Fsp3) is 0.714. The number of aliphatic hydroxyl groups is 1. The highest BCUT2D eigenvalue weighted by Crippen LogP contribution is 2.25. The number of hydrogen-bond donors (Lipinski definition) is 1. The van der Waals surface area contributed by atoms with E-state index in [9.17, 15) is 9.90 Å². The van der Waals surface area contributed by atoms with Crippen LogP contribution < -0.4 is 0 Å². The van der Waals surface area contributed by atoms with Gasteiger partial charge in [-0.15, -0.1) is 0 Å². The lowest BCUT2D eigenvalue weighted by Crippen LogP contribution is -2.39. The molecule has 0 aliphatic heterocycles. The number of rotatable bonds is 4. The lowest BCUT2D eigenvalue weighted by atomic mass is 9.88. The standard InChI is InChI=1S/C14H22O3S2/c1-13(2,3)10-17-12(18)19-9-11(15)14(16)7-5-4-6-8-14/h5,7,16H,4,6,8-10H2,1-3H3. The molecule has 0 spiro atoms. The summed E-state index contributed by atoms with van der Waals surface area (Å²) in [6.45, 7) is 6.69. The Hall–Kier alpha value is -0.390. The SMILES string of the molecule is CC(C)(C)COC(=S)SCC(=O)C1(O)C=CCCC1. The van der Waals surface area contributed by atoms with E-state index in [2.05, 4.69) is 20.8 Å². The van der Waals surface area contributed by atoms with E-state index < -0.39 is 5.60 Å². The Bertz CT molecular complexity index is 371. The first-order chi connectivity index (χ1) is 8.73. The number of thioether (sulfide) groups is 1. The zero-order valence-corrected chi connectivity index (χ0v) is 13.4. The topological polar surface area (TPSA) is 46.5 Å². The van der Waals surface area contributed by atoms with Gasteiger partial charge in [-0.1, -0.05) is 38.6 Å².